The standard InChI is InChI=1S/C9H19NOS/c1-5-8(4)10-9(11)6-12-7(2)3/h7-8H,5-6H2,1-4H3,(H,10,11). The summed E-state index contributed by atoms with van der Waals surface area (Å²) in [5, 5.41) is 3.46. The lowest BCUT2D eigenvalue weighted by molar-refractivity contribution is -0.119. The van der Waals surface area contributed by atoms with E-state index in [1.54, 1.807) is 11.8 Å². The van der Waals surface area contributed by atoms with Gasteiger partial charge in [-0.1, -0.05) is 20.8 Å². The normalized spacial score (nSPS) is 13.1. The van der Waals surface area contributed by atoms with Gasteiger partial charge in [0.25, 0.3) is 0 Å². The zero-order chi connectivity index (χ0) is 9.56. The van der Waals surface area contributed by atoms with E-state index < -0.39 is 0 Å². The molecule has 12 heavy (non-hydrogen) atoms. The van der Waals surface area contributed by atoms with E-state index in [1.807, 2.05) is 6.92 Å². The molecule has 0 aliphatic carbocycles. The summed E-state index contributed by atoms with van der Waals surface area (Å²) in [5.74, 6) is 0.741. The third kappa shape index (κ3) is 6.53. The van der Waals surface area contributed by atoms with Crippen LogP contribution in [0.1, 0.15) is 34.1 Å². The first kappa shape index (κ1) is 11.8. The Morgan fingerprint density at radius 2 is 2.00 bits per heavy atom. The molecule has 0 saturated heterocycles. The van der Waals surface area contributed by atoms with Gasteiger partial charge in [-0.25, -0.2) is 0 Å². The van der Waals surface area contributed by atoms with Gasteiger partial charge in [0.15, 0.2) is 0 Å². The zero-order valence-electron chi connectivity index (χ0n) is 8.39. The number of hydrogen-bond acceptors (Lipinski definition) is 2. The van der Waals surface area contributed by atoms with Crippen molar-refractivity contribution in [1.82, 2.24) is 5.32 Å². The van der Waals surface area contributed by atoms with Crippen LogP contribution in [0.25, 0.3) is 0 Å². The minimum absolute atomic E-state index is 0.156. The fourth-order valence-corrected chi connectivity index (χ4v) is 1.23. The van der Waals surface area contributed by atoms with Crippen molar-refractivity contribution < 1.29 is 4.79 Å². The highest BCUT2D eigenvalue weighted by molar-refractivity contribution is 8.00. The highest BCUT2D eigenvalue weighted by Gasteiger charge is 2.05. The van der Waals surface area contributed by atoms with Crippen LogP contribution in [0.2, 0.25) is 0 Å². The Bertz CT molecular complexity index is 136. The minimum Gasteiger partial charge on any atom is -0.353 e. The Kier molecular flexibility index (Phi) is 6.25. The van der Waals surface area contributed by atoms with Crippen LogP contribution < -0.4 is 5.32 Å². The van der Waals surface area contributed by atoms with Gasteiger partial charge in [-0.05, 0) is 18.6 Å². The van der Waals surface area contributed by atoms with Crippen molar-refractivity contribution in [2.75, 3.05) is 5.75 Å². The molecule has 0 aromatic rings. The molecule has 0 aliphatic heterocycles. The van der Waals surface area contributed by atoms with Crippen molar-refractivity contribution in [1.29, 1.82) is 0 Å². The molecule has 0 aliphatic rings. The molecule has 0 spiro atoms. The number of carbonyl (C=O) groups is 1. The summed E-state index contributed by atoms with van der Waals surface area (Å²) in [7, 11) is 0. The maximum absolute atomic E-state index is 11.2. The van der Waals surface area contributed by atoms with Crippen molar-refractivity contribution >= 4 is 17.7 Å². The first-order valence-corrected chi connectivity index (χ1v) is 5.52. The number of carbonyl (C=O) groups excluding carboxylic acids is 1. The van der Waals surface area contributed by atoms with Crippen LogP contribution in [0.5, 0.6) is 0 Å². The first-order valence-electron chi connectivity index (χ1n) is 4.47. The molecule has 0 fully saturated rings. The van der Waals surface area contributed by atoms with Crippen LogP contribution in [0, 0.1) is 0 Å². The number of rotatable bonds is 5. The fourth-order valence-electron chi connectivity index (χ4n) is 0.661. The molecule has 0 aromatic heterocycles. The predicted molar refractivity (Wildman–Crippen MR) is 55.5 cm³/mol. The average Bonchev–Trinajstić information content (AvgIpc) is 2.00. The summed E-state index contributed by atoms with van der Waals surface area (Å²) < 4.78 is 0. The Hall–Kier alpha value is -0.180. The van der Waals surface area contributed by atoms with Crippen LogP contribution in [-0.2, 0) is 4.79 Å². The lowest BCUT2D eigenvalue weighted by Crippen LogP contribution is -2.33. The van der Waals surface area contributed by atoms with Gasteiger partial charge < -0.3 is 5.32 Å². The Morgan fingerprint density at radius 1 is 1.42 bits per heavy atom. The van der Waals surface area contributed by atoms with Crippen molar-refractivity contribution in [2.45, 2.75) is 45.4 Å². The number of amides is 1. The molecule has 0 heterocycles. The molecular formula is C9H19NOS. The second-order valence-corrected chi connectivity index (χ2v) is 4.80. The second kappa shape index (κ2) is 6.35. The Labute approximate surface area is 79.5 Å². The van der Waals surface area contributed by atoms with E-state index in [4.69, 9.17) is 0 Å². The summed E-state index contributed by atoms with van der Waals surface area (Å²) in [5.41, 5.74) is 0. The lowest BCUT2D eigenvalue weighted by Gasteiger charge is -2.11. The largest absolute Gasteiger partial charge is 0.353 e. The van der Waals surface area contributed by atoms with E-state index in [1.165, 1.54) is 0 Å². The van der Waals surface area contributed by atoms with Gasteiger partial charge in [0.05, 0.1) is 5.75 Å². The quantitative estimate of drug-likeness (QED) is 0.717. The molecular weight excluding hydrogens is 170 g/mol. The summed E-state index contributed by atoms with van der Waals surface area (Å²) in [6.45, 7) is 8.29. The summed E-state index contributed by atoms with van der Waals surface area (Å²) in [6.07, 6.45) is 0.998. The third-order valence-electron chi connectivity index (χ3n) is 1.57. The molecule has 72 valence electrons. The molecule has 1 amide bonds. The molecule has 0 saturated carbocycles. The minimum atomic E-state index is 0.156. The molecule has 0 radical (unpaired) electrons. The van der Waals surface area contributed by atoms with E-state index in [9.17, 15) is 4.79 Å². The third-order valence-corrected chi connectivity index (χ3v) is 2.66. The molecule has 0 bridgehead atoms. The number of thioether (sulfide) groups is 1. The van der Waals surface area contributed by atoms with Crippen molar-refractivity contribution in [3.63, 3.8) is 0 Å². The average molecular weight is 189 g/mol. The SMILES string of the molecule is CCC(C)NC(=O)CSC(C)C. The van der Waals surface area contributed by atoms with Crippen molar-refractivity contribution in [3.05, 3.63) is 0 Å². The molecule has 2 nitrogen and oxygen atoms in total. The Balaban J connectivity index is 3.46. The van der Waals surface area contributed by atoms with Gasteiger partial charge in [-0.15, -0.1) is 11.8 Å². The van der Waals surface area contributed by atoms with Gasteiger partial charge in [0.1, 0.15) is 0 Å². The summed E-state index contributed by atoms with van der Waals surface area (Å²) >= 11 is 1.68. The van der Waals surface area contributed by atoms with E-state index >= 15 is 0 Å². The Morgan fingerprint density at radius 3 is 2.42 bits per heavy atom. The molecule has 0 rings (SSSR count). The monoisotopic (exact) mass is 189 g/mol. The topological polar surface area (TPSA) is 29.1 Å². The molecule has 3 heteroatoms. The van der Waals surface area contributed by atoms with Gasteiger partial charge in [-0.2, -0.15) is 0 Å². The summed E-state index contributed by atoms with van der Waals surface area (Å²) in [6, 6.07) is 0.310. The molecule has 1 atom stereocenters. The van der Waals surface area contributed by atoms with Crippen LogP contribution in [0.15, 0.2) is 0 Å². The van der Waals surface area contributed by atoms with Crippen molar-refractivity contribution in [3.8, 4) is 0 Å². The van der Waals surface area contributed by atoms with Crippen LogP contribution in [0.4, 0.5) is 0 Å². The number of hydrogen-bond donors (Lipinski definition) is 1. The first-order chi connectivity index (χ1) is 5.56. The second-order valence-electron chi connectivity index (χ2n) is 3.24. The van der Waals surface area contributed by atoms with E-state index in [0.717, 1.165) is 6.42 Å². The van der Waals surface area contributed by atoms with Crippen LogP contribution >= 0.6 is 11.8 Å². The summed E-state index contributed by atoms with van der Waals surface area (Å²) in [4.78, 5) is 11.2. The maximum Gasteiger partial charge on any atom is 0.230 e. The molecule has 1 unspecified atom stereocenters. The lowest BCUT2D eigenvalue weighted by atomic mass is 10.3. The van der Waals surface area contributed by atoms with Crippen molar-refractivity contribution in [2.24, 2.45) is 0 Å². The number of nitrogens with one attached hydrogen (secondary N) is 1. The molecule has 0 aromatic carbocycles. The van der Waals surface area contributed by atoms with E-state index in [0.29, 0.717) is 17.0 Å². The molecule has 1 N–H and O–H groups in total. The van der Waals surface area contributed by atoms with E-state index in [2.05, 4.69) is 26.1 Å². The van der Waals surface area contributed by atoms with E-state index in [-0.39, 0.29) is 5.91 Å². The maximum atomic E-state index is 11.2. The predicted octanol–water partition coefficient (Wildman–Crippen LogP) is 2.04. The van der Waals surface area contributed by atoms with Gasteiger partial charge >= 0.3 is 0 Å². The van der Waals surface area contributed by atoms with Crippen LogP contribution in [0.3, 0.4) is 0 Å². The smallest absolute Gasteiger partial charge is 0.230 e. The van der Waals surface area contributed by atoms with Gasteiger partial charge in [0.2, 0.25) is 5.91 Å². The fraction of sp³-hybridized carbons (Fsp3) is 0.889. The van der Waals surface area contributed by atoms with Gasteiger partial charge in [-0.3, -0.25) is 4.79 Å². The highest BCUT2D eigenvalue weighted by Crippen LogP contribution is 2.07. The van der Waals surface area contributed by atoms with Gasteiger partial charge in [0, 0.05) is 6.04 Å². The van der Waals surface area contributed by atoms with Crippen LogP contribution in [-0.4, -0.2) is 23.0 Å². The highest BCUT2D eigenvalue weighted by atomic mass is 32.2. The zero-order valence-corrected chi connectivity index (χ0v) is 9.20.